The lowest BCUT2D eigenvalue weighted by molar-refractivity contribution is -0.116. The predicted molar refractivity (Wildman–Crippen MR) is 113 cm³/mol. The maximum atomic E-state index is 12.5. The molecule has 0 bridgehead atoms. The van der Waals surface area contributed by atoms with Crippen molar-refractivity contribution in [1.29, 1.82) is 0 Å². The van der Waals surface area contributed by atoms with E-state index in [0.717, 1.165) is 11.1 Å². The summed E-state index contributed by atoms with van der Waals surface area (Å²) in [6.07, 6.45) is 0.206. The molecule has 0 saturated heterocycles. The number of rotatable bonds is 6. The van der Waals surface area contributed by atoms with E-state index in [9.17, 15) is 9.59 Å². The molecule has 9 nitrogen and oxygen atoms in total. The Morgan fingerprint density at radius 3 is 2.73 bits per heavy atom. The Labute approximate surface area is 175 Å². The summed E-state index contributed by atoms with van der Waals surface area (Å²) in [4.78, 5) is 26.1. The van der Waals surface area contributed by atoms with Crippen LogP contribution < -0.4 is 11.1 Å². The molecule has 10 heteroatoms. The van der Waals surface area contributed by atoms with E-state index in [2.05, 4.69) is 30.2 Å². The van der Waals surface area contributed by atoms with E-state index < -0.39 is 5.76 Å². The van der Waals surface area contributed by atoms with Gasteiger partial charge in [-0.3, -0.25) is 24.0 Å². The largest absolute Gasteiger partial charge is 0.439 e. The molecule has 1 amide bonds. The first-order chi connectivity index (χ1) is 14.5. The quantitative estimate of drug-likeness (QED) is 0.410. The standard InChI is InChI=1S/C20H18N6O3S/c1-12-5-7-13(8-6-12)18-23-24-19(30)26(18)10-9-16(27)21-15-4-2-3-14(11-15)17-22-20(28)29-25-17/h2-8,11H,9-10H2,1H3,(H,21,27)(H,24,30)(H,22,25,28). The molecular formula is C20H18N6O3S. The number of anilines is 1. The molecule has 0 saturated carbocycles. The first kappa shape index (κ1) is 19.5. The summed E-state index contributed by atoms with van der Waals surface area (Å²) >= 11 is 5.32. The summed E-state index contributed by atoms with van der Waals surface area (Å²) in [5.41, 5.74) is 3.27. The van der Waals surface area contributed by atoms with Crippen LogP contribution in [0.3, 0.4) is 0 Å². The van der Waals surface area contributed by atoms with Crippen molar-refractivity contribution in [3.05, 3.63) is 69.4 Å². The van der Waals surface area contributed by atoms with E-state index in [1.54, 1.807) is 28.8 Å². The summed E-state index contributed by atoms with van der Waals surface area (Å²) in [6.45, 7) is 2.39. The van der Waals surface area contributed by atoms with Crippen molar-refractivity contribution < 1.29 is 9.32 Å². The molecule has 152 valence electrons. The lowest BCUT2D eigenvalue weighted by Crippen LogP contribution is -2.15. The van der Waals surface area contributed by atoms with Crippen molar-refractivity contribution in [2.24, 2.45) is 0 Å². The number of carbonyl (C=O) groups excluding carboxylic acids is 1. The van der Waals surface area contributed by atoms with Crippen LogP contribution in [0.2, 0.25) is 0 Å². The van der Waals surface area contributed by atoms with Crippen molar-refractivity contribution in [1.82, 2.24) is 24.9 Å². The highest BCUT2D eigenvalue weighted by Gasteiger charge is 2.12. The number of benzene rings is 2. The maximum Gasteiger partial charge on any atom is 0.439 e. The van der Waals surface area contributed by atoms with Gasteiger partial charge in [0.15, 0.2) is 16.4 Å². The Kier molecular flexibility index (Phi) is 5.40. The molecule has 0 fully saturated rings. The monoisotopic (exact) mass is 422 g/mol. The third-order valence-corrected chi connectivity index (χ3v) is 4.80. The van der Waals surface area contributed by atoms with Crippen LogP contribution in [0.25, 0.3) is 22.8 Å². The third-order valence-electron chi connectivity index (χ3n) is 4.49. The molecular weight excluding hydrogens is 404 g/mol. The number of nitrogens with zero attached hydrogens (tertiary/aromatic N) is 3. The Morgan fingerprint density at radius 2 is 2.00 bits per heavy atom. The molecule has 0 radical (unpaired) electrons. The smallest absolute Gasteiger partial charge is 0.326 e. The van der Waals surface area contributed by atoms with Crippen LogP contribution >= 0.6 is 12.2 Å². The van der Waals surface area contributed by atoms with Gasteiger partial charge in [0.05, 0.1) is 0 Å². The van der Waals surface area contributed by atoms with E-state index >= 15 is 0 Å². The van der Waals surface area contributed by atoms with E-state index in [-0.39, 0.29) is 12.3 Å². The molecule has 3 N–H and O–H groups in total. The number of hydrogen-bond donors (Lipinski definition) is 3. The number of hydrogen-bond acceptors (Lipinski definition) is 6. The van der Waals surface area contributed by atoms with Crippen molar-refractivity contribution in [2.45, 2.75) is 19.9 Å². The molecule has 0 unspecified atom stereocenters. The number of nitrogens with one attached hydrogen (secondary N) is 3. The molecule has 2 heterocycles. The van der Waals surface area contributed by atoms with Crippen molar-refractivity contribution >= 4 is 23.8 Å². The molecule has 30 heavy (non-hydrogen) atoms. The van der Waals surface area contributed by atoms with Crippen LogP contribution in [0.5, 0.6) is 0 Å². The summed E-state index contributed by atoms with van der Waals surface area (Å²) in [7, 11) is 0. The highest BCUT2D eigenvalue weighted by Crippen LogP contribution is 2.20. The minimum absolute atomic E-state index is 0.182. The van der Waals surface area contributed by atoms with Gasteiger partial charge >= 0.3 is 5.76 Å². The number of aryl methyl sites for hydroxylation is 1. The van der Waals surface area contributed by atoms with Gasteiger partial charge in [0.25, 0.3) is 0 Å². The topological polar surface area (TPSA) is 122 Å². The van der Waals surface area contributed by atoms with Gasteiger partial charge in [0.1, 0.15) is 0 Å². The van der Waals surface area contributed by atoms with Gasteiger partial charge in [0, 0.05) is 29.8 Å². The molecule has 2 aromatic heterocycles. The third kappa shape index (κ3) is 4.28. The second kappa shape index (κ2) is 8.29. The number of aromatic nitrogens is 5. The summed E-state index contributed by atoms with van der Waals surface area (Å²) in [5, 5.41) is 13.6. The van der Waals surface area contributed by atoms with Gasteiger partial charge in [-0.1, -0.05) is 47.1 Å². The van der Waals surface area contributed by atoms with Crippen molar-refractivity contribution in [2.75, 3.05) is 5.32 Å². The summed E-state index contributed by atoms with van der Waals surface area (Å²) < 4.78 is 6.77. The minimum atomic E-state index is -0.638. The first-order valence-electron chi connectivity index (χ1n) is 9.18. The zero-order valence-corrected chi connectivity index (χ0v) is 16.8. The van der Waals surface area contributed by atoms with Crippen LogP contribution in [-0.2, 0) is 11.3 Å². The average molecular weight is 422 g/mol. The van der Waals surface area contributed by atoms with E-state index in [1.807, 2.05) is 31.2 Å². The van der Waals surface area contributed by atoms with Crippen molar-refractivity contribution in [3.63, 3.8) is 0 Å². The second-order valence-corrected chi connectivity index (χ2v) is 7.08. The number of H-pyrrole nitrogens is 2. The van der Waals surface area contributed by atoms with Crippen LogP contribution in [-0.4, -0.2) is 30.8 Å². The van der Waals surface area contributed by atoms with E-state index in [1.165, 1.54) is 0 Å². The average Bonchev–Trinajstić information content (AvgIpc) is 3.33. The van der Waals surface area contributed by atoms with Gasteiger partial charge < -0.3 is 5.32 Å². The normalized spacial score (nSPS) is 10.8. The second-order valence-electron chi connectivity index (χ2n) is 6.69. The highest BCUT2D eigenvalue weighted by molar-refractivity contribution is 7.71. The molecule has 2 aromatic carbocycles. The van der Waals surface area contributed by atoms with Crippen LogP contribution in [0.4, 0.5) is 5.69 Å². The molecule has 0 aliphatic carbocycles. The molecule has 4 rings (SSSR count). The lowest BCUT2D eigenvalue weighted by atomic mass is 10.1. The Morgan fingerprint density at radius 1 is 1.20 bits per heavy atom. The molecule has 0 aliphatic rings. The Balaban J connectivity index is 1.45. The molecule has 4 aromatic rings. The first-order valence-corrected chi connectivity index (χ1v) is 9.59. The number of aromatic amines is 2. The van der Waals surface area contributed by atoms with E-state index in [4.69, 9.17) is 12.2 Å². The fraction of sp³-hybridized carbons (Fsp3) is 0.150. The van der Waals surface area contributed by atoms with Gasteiger partial charge in [0.2, 0.25) is 5.91 Å². The van der Waals surface area contributed by atoms with E-state index in [0.29, 0.717) is 34.2 Å². The van der Waals surface area contributed by atoms with Gasteiger partial charge in [-0.2, -0.15) is 5.10 Å². The van der Waals surface area contributed by atoms with Crippen molar-refractivity contribution in [3.8, 4) is 22.8 Å². The van der Waals surface area contributed by atoms with Crippen LogP contribution in [0.15, 0.2) is 57.8 Å². The molecule has 0 aliphatic heterocycles. The predicted octanol–water partition coefficient (Wildman–Crippen LogP) is 3.29. The minimum Gasteiger partial charge on any atom is -0.326 e. The van der Waals surface area contributed by atoms with Gasteiger partial charge in [-0.15, -0.1) is 0 Å². The fourth-order valence-electron chi connectivity index (χ4n) is 2.98. The number of amides is 1. The fourth-order valence-corrected chi connectivity index (χ4v) is 3.21. The Hall–Kier alpha value is -3.79. The van der Waals surface area contributed by atoms with Crippen LogP contribution in [0, 0.1) is 11.7 Å². The molecule has 0 spiro atoms. The van der Waals surface area contributed by atoms with Crippen LogP contribution in [0.1, 0.15) is 12.0 Å². The SMILES string of the molecule is Cc1ccc(-c2n[nH]c(=S)n2CCC(=O)Nc2cccc(-c3noc(=O)[nH]3)c2)cc1. The maximum absolute atomic E-state index is 12.5. The zero-order valence-electron chi connectivity index (χ0n) is 16.0. The van der Waals surface area contributed by atoms with Gasteiger partial charge in [-0.25, -0.2) is 4.79 Å². The number of carbonyl (C=O) groups is 1. The summed E-state index contributed by atoms with van der Waals surface area (Å²) in [5.74, 6) is 0.160. The Bertz CT molecular complexity index is 1300. The lowest BCUT2D eigenvalue weighted by Gasteiger charge is -2.09. The molecule has 0 atom stereocenters. The van der Waals surface area contributed by atoms with Gasteiger partial charge in [-0.05, 0) is 31.3 Å². The zero-order chi connectivity index (χ0) is 21.1. The summed E-state index contributed by atoms with van der Waals surface area (Å²) in [6, 6.07) is 14.9. The highest BCUT2D eigenvalue weighted by atomic mass is 32.1.